The highest BCUT2D eigenvalue weighted by Gasteiger charge is 2.39. The number of nitrogens with zero attached hydrogens (tertiary/aromatic N) is 5. The number of methoxy groups -OCH3 is 3. The minimum atomic E-state index is -0.984. The van der Waals surface area contributed by atoms with Crippen LogP contribution in [0.25, 0.3) is 0 Å². The van der Waals surface area contributed by atoms with Crippen LogP contribution in [-0.2, 0) is 9.53 Å². The van der Waals surface area contributed by atoms with Gasteiger partial charge in [-0.3, -0.25) is 14.9 Å². The second-order valence-corrected chi connectivity index (χ2v) is 7.00. The molecule has 0 aliphatic carbocycles. The minimum absolute atomic E-state index is 0.0206. The van der Waals surface area contributed by atoms with Crippen molar-refractivity contribution in [3.63, 3.8) is 0 Å². The summed E-state index contributed by atoms with van der Waals surface area (Å²) in [5.74, 6) is -0.541. The fraction of sp³-hybridized carbons (Fsp3) is 0.190. The Balaban J connectivity index is 1.92. The molecule has 2 aromatic carbocycles. The predicted molar refractivity (Wildman–Crippen MR) is 116 cm³/mol. The lowest BCUT2D eigenvalue weighted by atomic mass is 9.89. The molecule has 0 saturated carbocycles. The molecule has 13 heteroatoms. The van der Waals surface area contributed by atoms with Crippen molar-refractivity contribution in [2.45, 2.75) is 6.04 Å². The molecule has 1 aliphatic rings. The predicted octanol–water partition coefficient (Wildman–Crippen LogP) is 1.92. The third kappa shape index (κ3) is 3.79. The summed E-state index contributed by atoms with van der Waals surface area (Å²) >= 11 is 0. The van der Waals surface area contributed by atoms with Gasteiger partial charge in [0.25, 0.3) is 5.69 Å². The number of nitro groups is 1. The highest BCUT2D eigenvalue weighted by Crippen LogP contribution is 2.38. The molecule has 0 radical (unpaired) electrons. The minimum Gasteiger partial charge on any atom is -0.493 e. The standard InChI is InChI=1S/C21H18N6O7/c1-32-14-9-6-12(10-15(14)33-2)19(28)16-17(20(29)34-3)22-21-23-24-25-26(21)18(16)11-4-7-13(8-5-11)27(30)31/h4-10,18H,1-3H3,(H,22,23,25)/t18-/m1/s1. The fourth-order valence-corrected chi connectivity index (χ4v) is 3.61. The normalized spacial score (nSPS) is 14.6. The molecule has 2 heterocycles. The number of benzene rings is 2. The van der Waals surface area contributed by atoms with E-state index in [1.165, 1.54) is 62.4 Å². The summed E-state index contributed by atoms with van der Waals surface area (Å²) in [7, 11) is 4.07. The molecule has 1 atom stereocenters. The number of non-ortho nitro benzene ring substituents is 1. The Bertz CT molecular complexity index is 1320. The average molecular weight is 466 g/mol. The highest BCUT2D eigenvalue weighted by molar-refractivity contribution is 6.15. The van der Waals surface area contributed by atoms with Crippen molar-refractivity contribution >= 4 is 23.4 Å². The summed E-state index contributed by atoms with van der Waals surface area (Å²) < 4.78 is 16.7. The summed E-state index contributed by atoms with van der Waals surface area (Å²) in [5.41, 5.74) is 0.311. The monoisotopic (exact) mass is 466 g/mol. The molecule has 4 rings (SSSR count). The molecule has 0 fully saturated rings. The number of hydrogen-bond acceptors (Lipinski definition) is 11. The summed E-state index contributed by atoms with van der Waals surface area (Å²) in [6, 6.07) is 9.09. The largest absolute Gasteiger partial charge is 0.493 e. The zero-order valence-corrected chi connectivity index (χ0v) is 18.2. The molecule has 0 unspecified atom stereocenters. The zero-order valence-electron chi connectivity index (χ0n) is 18.2. The van der Waals surface area contributed by atoms with Gasteiger partial charge < -0.3 is 19.5 Å². The van der Waals surface area contributed by atoms with Gasteiger partial charge in [-0.05, 0) is 46.3 Å². The lowest BCUT2D eigenvalue weighted by Crippen LogP contribution is -2.33. The molecule has 1 aromatic heterocycles. The number of carbonyl (C=O) groups is 2. The van der Waals surface area contributed by atoms with Gasteiger partial charge in [-0.1, -0.05) is 5.10 Å². The molecule has 3 aromatic rings. The molecule has 1 N–H and O–H groups in total. The Morgan fingerprint density at radius 3 is 2.38 bits per heavy atom. The first-order valence-corrected chi connectivity index (χ1v) is 9.78. The molecule has 0 bridgehead atoms. The van der Waals surface area contributed by atoms with Crippen molar-refractivity contribution < 1.29 is 28.7 Å². The third-order valence-electron chi connectivity index (χ3n) is 5.22. The molecule has 34 heavy (non-hydrogen) atoms. The maximum Gasteiger partial charge on any atom is 0.355 e. The first-order valence-electron chi connectivity index (χ1n) is 9.78. The summed E-state index contributed by atoms with van der Waals surface area (Å²) in [4.78, 5) is 37.0. The van der Waals surface area contributed by atoms with Crippen LogP contribution in [0, 0.1) is 10.1 Å². The van der Waals surface area contributed by atoms with Gasteiger partial charge in [0, 0.05) is 17.7 Å². The number of nitrogens with one attached hydrogen (secondary N) is 1. The van der Waals surface area contributed by atoms with Gasteiger partial charge in [-0.25, -0.2) is 4.79 Å². The molecular formula is C21H18N6O7. The highest BCUT2D eigenvalue weighted by atomic mass is 16.6. The van der Waals surface area contributed by atoms with E-state index < -0.39 is 22.7 Å². The van der Waals surface area contributed by atoms with E-state index in [1.54, 1.807) is 6.07 Å². The van der Waals surface area contributed by atoms with Gasteiger partial charge in [0.1, 0.15) is 11.7 Å². The first kappa shape index (κ1) is 22.4. The van der Waals surface area contributed by atoms with Gasteiger partial charge in [-0.15, -0.1) is 0 Å². The Labute approximate surface area is 192 Å². The van der Waals surface area contributed by atoms with E-state index in [0.717, 1.165) is 0 Å². The number of tetrazole rings is 1. The van der Waals surface area contributed by atoms with Gasteiger partial charge in [-0.2, -0.15) is 4.68 Å². The number of aromatic nitrogens is 4. The van der Waals surface area contributed by atoms with E-state index in [1.807, 2.05) is 0 Å². The van der Waals surface area contributed by atoms with Crippen molar-refractivity contribution in [1.29, 1.82) is 0 Å². The lowest BCUT2D eigenvalue weighted by molar-refractivity contribution is -0.384. The van der Waals surface area contributed by atoms with E-state index in [0.29, 0.717) is 17.1 Å². The second-order valence-electron chi connectivity index (χ2n) is 7.00. The number of allylic oxidation sites excluding steroid dienone is 1. The second kappa shape index (κ2) is 8.97. The number of ether oxygens (including phenoxy) is 3. The van der Waals surface area contributed by atoms with E-state index in [9.17, 15) is 19.7 Å². The number of nitro benzene ring substituents is 1. The quantitative estimate of drug-likeness (QED) is 0.234. The Hall–Kier alpha value is -4.81. The third-order valence-corrected chi connectivity index (χ3v) is 5.22. The average Bonchev–Trinajstić information content (AvgIpc) is 3.34. The van der Waals surface area contributed by atoms with Crippen LogP contribution >= 0.6 is 0 Å². The number of esters is 1. The van der Waals surface area contributed by atoms with Gasteiger partial charge in [0.05, 0.1) is 31.8 Å². The topological polar surface area (TPSA) is 161 Å². The van der Waals surface area contributed by atoms with E-state index in [2.05, 4.69) is 20.8 Å². The molecule has 0 saturated heterocycles. The van der Waals surface area contributed by atoms with Crippen molar-refractivity contribution in [3.8, 4) is 11.5 Å². The summed E-state index contributed by atoms with van der Waals surface area (Å²) in [6.07, 6.45) is 0. The number of ketones is 1. The van der Waals surface area contributed by atoms with Crippen LogP contribution in [0.15, 0.2) is 53.7 Å². The van der Waals surface area contributed by atoms with Crippen LogP contribution in [0.3, 0.4) is 0 Å². The first-order chi connectivity index (χ1) is 16.4. The molecule has 13 nitrogen and oxygen atoms in total. The molecule has 0 amide bonds. The van der Waals surface area contributed by atoms with Crippen molar-refractivity contribution in [2.24, 2.45) is 0 Å². The number of Topliss-reactive ketones (excluding diaryl/α,β-unsaturated/α-hetero) is 1. The zero-order chi connectivity index (χ0) is 24.4. The molecule has 1 aliphatic heterocycles. The number of carbonyl (C=O) groups excluding carboxylic acids is 2. The molecule has 0 spiro atoms. The maximum atomic E-state index is 13.8. The van der Waals surface area contributed by atoms with Crippen LogP contribution in [0.4, 0.5) is 11.6 Å². The van der Waals surface area contributed by atoms with E-state index in [-0.39, 0.29) is 28.5 Å². The fourth-order valence-electron chi connectivity index (χ4n) is 3.61. The SMILES string of the molecule is COC(=O)C1=C(C(=O)c2ccc(OC)c(OC)c2)[C@@H](c2ccc([N+](=O)[O-])cc2)n2nnnc2N1. The molecule has 174 valence electrons. The summed E-state index contributed by atoms with van der Waals surface area (Å²) in [5, 5.41) is 25.3. The number of fused-ring (bicyclic) bond motifs is 1. The van der Waals surface area contributed by atoms with E-state index >= 15 is 0 Å². The van der Waals surface area contributed by atoms with Gasteiger partial charge >= 0.3 is 5.97 Å². The van der Waals surface area contributed by atoms with Crippen LogP contribution < -0.4 is 14.8 Å². The number of hydrogen-bond donors (Lipinski definition) is 1. The van der Waals surface area contributed by atoms with E-state index in [4.69, 9.17) is 14.2 Å². The Morgan fingerprint density at radius 1 is 1.06 bits per heavy atom. The van der Waals surface area contributed by atoms with Crippen LogP contribution in [-0.4, -0.2) is 58.2 Å². The van der Waals surface area contributed by atoms with Crippen LogP contribution in [0.1, 0.15) is 22.0 Å². The van der Waals surface area contributed by atoms with Crippen LogP contribution in [0.2, 0.25) is 0 Å². The maximum absolute atomic E-state index is 13.8. The van der Waals surface area contributed by atoms with Crippen molar-refractivity contribution in [3.05, 3.63) is 75.0 Å². The van der Waals surface area contributed by atoms with Crippen molar-refractivity contribution in [1.82, 2.24) is 20.2 Å². The Morgan fingerprint density at radius 2 is 1.76 bits per heavy atom. The smallest absolute Gasteiger partial charge is 0.355 e. The number of rotatable bonds is 7. The van der Waals surface area contributed by atoms with Crippen molar-refractivity contribution in [2.75, 3.05) is 26.6 Å². The van der Waals surface area contributed by atoms with Gasteiger partial charge in [0.2, 0.25) is 5.95 Å². The Kier molecular flexibility index (Phi) is 5.91. The van der Waals surface area contributed by atoms with Crippen LogP contribution in [0.5, 0.6) is 11.5 Å². The van der Waals surface area contributed by atoms with Gasteiger partial charge in [0.15, 0.2) is 17.3 Å². The lowest BCUT2D eigenvalue weighted by Gasteiger charge is -2.28. The summed E-state index contributed by atoms with van der Waals surface area (Å²) in [6.45, 7) is 0. The number of anilines is 1. The molecular weight excluding hydrogens is 448 g/mol.